The minimum absolute atomic E-state index is 0. The van der Waals surface area contributed by atoms with Gasteiger partial charge in [0.2, 0.25) is 0 Å². The maximum absolute atomic E-state index is 5.61. The van der Waals surface area contributed by atoms with Gasteiger partial charge in [-0.2, -0.15) is 0 Å². The molecule has 0 radical (unpaired) electrons. The Kier molecular flexibility index (Phi) is 12.2. The number of methoxy groups -OCH3 is 1. The molecule has 2 saturated heterocycles. The summed E-state index contributed by atoms with van der Waals surface area (Å²) in [6.45, 7) is 9.46. The molecule has 2 N–H and O–H groups in total. The summed E-state index contributed by atoms with van der Waals surface area (Å²) < 4.78 is 16.6. The molecule has 1 aromatic rings. The van der Waals surface area contributed by atoms with E-state index in [1.165, 1.54) is 5.56 Å². The van der Waals surface area contributed by atoms with Gasteiger partial charge in [0.1, 0.15) is 5.75 Å². The highest BCUT2D eigenvalue weighted by atomic mass is 127. The lowest BCUT2D eigenvalue weighted by molar-refractivity contribution is -0.00257. The molecule has 1 atom stereocenters. The van der Waals surface area contributed by atoms with Gasteiger partial charge in [-0.05, 0) is 51.6 Å². The molecule has 0 aromatic heterocycles. The van der Waals surface area contributed by atoms with Crippen LogP contribution in [-0.4, -0.2) is 102 Å². The number of benzene rings is 1. The van der Waals surface area contributed by atoms with E-state index in [0.717, 1.165) is 83.7 Å². The molecule has 33 heavy (non-hydrogen) atoms. The average molecular weight is 576 g/mol. The first-order valence-corrected chi connectivity index (χ1v) is 11.8. The largest absolute Gasteiger partial charge is 0.497 e. The molecule has 188 valence electrons. The number of halogens is 1. The Morgan fingerprint density at radius 2 is 1.73 bits per heavy atom. The van der Waals surface area contributed by atoms with Crippen LogP contribution >= 0.6 is 24.0 Å². The van der Waals surface area contributed by atoms with Gasteiger partial charge >= 0.3 is 0 Å². The molecular weight excluding hydrogens is 533 g/mol. The monoisotopic (exact) mass is 575 g/mol. The van der Waals surface area contributed by atoms with Gasteiger partial charge in [0.25, 0.3) is 0 Å². The number of hydrogen-bond donors (Lipinski definition) is 2. The molecule has 8 nitrogen and oxygen atoms in total. The molecule has 0 spiro atoms. The quantitative estimate of drug-likeness (QED) is 0.266. The van der Waals surface area contributed by atoms with Crippen molar-refractivity contribution in [2.45, 2.75) is 31.3 Å². The third kappa shape index (κ3) is 7.95. The fourth-order valence-electron chi connectivity index (χ4n) is 4.43. The van der Waals surface area contributed by atoms with Gasteiger partial charge in [-0.15, -0.1) is 24.0 Å². The van der Waals surface area contributed by atoms with E-state index in [4.69, 9.17) is 19.2 Å². The number of rotatable bonds is 9. The lowest BCUT2D eigenvalue weighted by Crippen LogP contribution is -2.52. The fourth-order valence-corrected chi connectivity index (χ4v) is 4.43. The lowest BCUT2D eigenvalue weighted by Gasteiger charge is -2.41. The van der Waals surface area contributed by atoms with Gasteiger partial charge in [0, 0.05) is 44.9 Å². The Morgan fingerprint density at radius 1 is 1.09 bits per heavy atom. The topological polar surface area (TPSA) is 70.6 Å². The molecule has 3 rings (SSSR count). The van der Waals surface area contributed by atoms with Gasteiger partial charge in [-0.3, -0.25) is 9.89 Å². The predicted molar refractivity (Wildman–Crippen MR) is 144 cm³/mol. The van der Waals surface area contributed by atoms with E-state index >= 15 is 0 Å². The van der Waals surface area contributed by atoms with Crippen LogP contribution in [-0.2, 0) is 9.47 Å². The molecule has 1 unspecified atom stereocenters. The maximum Gasteiger partial charge on any atom is 0.191 e. The second kappa shape index (κ2) is 14.3. The molecule has 2 heterocycles. The molecule has 0 amide bonds. The van der Waals surface area contributed by atoms with Gasteiger partial charge in [0.05, 0.1) is 32.9 Å². The average Bonchev–Trinajstić information content (AvgIpc) is 2.84. The summed E-state index contributed by atoms with van der Waals surface area (Å²) in [6, 6.07) is 8.63. The van der Waals surface area contributed by atoms with E-state index < -0.39 is 0 Å². The normalized spacial score (nSPS) is 20.1. The number of aliphatic imine (C=N–C) groups is 1. The zero-order valence-corrected chi connectivity index (χ0v) is 23.0. The maximum atomic E-state index is 5.61. The number of nitrogens with zero attached hydrogens (tertiary/aromatic N) is 3. The van der Waals surface area contributed by atoms with Gasteiger partial charge < -0.3 is 29.7 Å². The van der Waals surface area contributed by atoms with E-state index in [1.54, 1.807) is 7.11 Å². The van der Waals surface area contributed by atoms with E-state index in [2.05, 4.69) is 53.6 Å². The summed E-state index contributed by atoms with van der Waals surface area (Å²) in [7, 11) is 6.01. The smallest absolute Gasteiger partial charge is 0.191 e. The highest BCUT2D eigenvalue weighted by Gasteiger charge is 2.34. The zero-order chi connectivity index (χ0) is 22.8. The lowest BCUT2D eigenvalue weighted by atomic mass is 9.89. The minimum atomic E-state index is 0. The van der Waals surface area contributed by atoms with Gasteiger partial charge in [-0.1, -0.05) is 12.1 Å². The number of ether oxygens (including phenoxy) is 3. The first-order valence-electron chi connectivity index (χ1n) is 11.8. The van der Waals surface area contributed by atoms with Crippen molar-refractivity contribution in [3.8, 4) is 5.75 Å². The molecule has 2 fully saturated rings. The van der Waals surface area contributed by atoms with Gasteiger partial charge in [-0.25, -0.2) is 0 Å². The highest BCUT2D eigenvalue weighted by molar-refractivity contribution is 14.0. The first-order chi connectivity index (χ1) is 15.6. The summed E-state index contributed by atoms with van der Waals surface area (Å²) in [5.41, 5.74) is 1.32. The second-order valence-corrected chi connectivity index (χ2v) is 8.74. The zero-order valence-electron chi connectivity index (χ0n) is 20.6. The van der Waals surface area contributed by atoms with Crippen molar-refractivity contribution in [1.29, 1.82) is 0 Å². The Bertz CT molecular complexity index is 705. The van der Waals surface area contributed by atoms with E-state index in [9.17, 15) is 0 Å². The van der Waals surface area contributed by atoms with Crippen molar-refractivity contribution in [3.63, 3.8) is 0 Å². The molecule has 0 bridgehead atoms. The SMILES string of the molecule is CCNC(=NCC1(N(C)C)CCOCC1)NCC(c1ccc(OC)cc1)N1CCOCC1.I. The van der Waals surface area contributed by atoms with Crippen LogP contribution in [0.4, 0.5) is 0 Å². The number of hydrogen-bond acceptors (Lipinski definition) is 6. The van der Waals surface area contributed by atoms with Crippen molar-refractivity contribution in [2.75, 3.05) is 80.4 Å². The van der Waals surface area contributed by atoms with E-state index in [0.29, 0.717) is 0 Å². The Balaban J connectivity index is 0.00000385. The summed E-state index contributed by atoms with van der Waals surface area (Å²) in [5.74, 6) is 1.75. The molecule has 0 saturated carbocycles. The van der Waals surface area contributed by atoms with Crippen LogP contribution in [0.25, 0.3) is 0 Å². The molecule has 1 aromatic carbocycles. The molecular formula is C24H42IN5O3. The summed E-state index contributed by atoms with van der Waals surface area (Å²) in [6.07, 6.45) is 2.01. The van der Waals surface area contributed by atoms with E-state index in [1.807, 2.05) is 12.1 Å². The van der Waals surface area contributed by atoms with Crippen LogP contribution < -0.4 is 15.4 Å². The third-order valence-electron chi connectivity index (χ3n) is 6.70. The summed E-state index contributed by atoms with van der Waals surface area (Å²) in [5, 5.41) is 7.05. The number of morpholine rings is 1. The molecule has 2 aliphatic heterocycles. The van der Waals surface area contributed by atoms with Crippen molar-refractivity contribution in [2.24, 2.45) is 4.99 Å². The van der Waals surface area contributed by atoms with Crippen LogP contribution in [0.2, 0.25) is 0 Å². The van der Waals surface area contributed by atoms with Crippen molar-refractivity contribution in [3.05, 3.63) is 29.8 Å². The van der Waals surface area contributed by atoms with Crippen LogP contribution in [0.15, 0.2) is 29.3 Å². The summed E-state index contributed by atoms with van der Waals surface area (Å²) in [4.78, 5) is 9.81. The van der Waals surface area contributed by atoms with Crippen LogP contribution in [0, 0.1) is 0 Å². The highest BCUT2D eigenvalue weighted by Crippen LogP contribution is 2.26. The van der Waals surface area contributed by atoms with Crippen LogP contribution in [0.3, 0.4) is 0 Å². The predicted octanol–water partition coefficient (Wildman–Crippen LogP) is 2.35. The first kappa shape index (κ1) is 28.1. The Morgan fingerprint density at radius 3 is 2.30 bits per heavy atom. The minimum Gasteiger partial charge on any atom is -0.497 e. The fraction of sp³-hybridized carbons (Fsp3) is 0.708. The van der Waals surface area contributed by atoms with Crippen molar-refractivity contribution in [1.82, 2.24) is 20.4 Å². The number of nitrogens with one attached hydrogen (secondary N) is 2. The standard InChI is InChI=1S/C24H41N5O3.HI/c1-5-25-23(27-19-24(28(2)3)10-14-31-15-11-24)26-18-22(29-12-16-32-17-13-29)20-6-8-21(30-4)9-7-20;/h6-9,22H,5,10-19H2,1-4H3,(H2,25,26,27);1H. The Labute approximate surface area is 216 Å². The number of likely N-dealkylation sites (N-methyl/N-ethyl adjacent to an activating group) is 1. The molecule has 0 aliphatic carbocycles. The summed E-state index contributed by atoms with van der Waals surface area (Å²) >= 11 is 0. The van der Waals surface area contributed by atoms with E-state index in [-0.39, 0.29) is 35.6 Å². The van der Waals surface area contributed by atoms with Gasteiger partial charge in [0.15, 0.2) is 5.96 Å². The van der Waals surface area contributed by atoms with Crippen molar-refractivity contribution < 1.29 is 14.2 Å². The third-order valence-corrected chi connectivity index (χ3v) is 6.70. The Hall–Kier alpha value is -1.14. The van der Waals surface area contributed by atoms with Crippen LogP contribution in [0.1, 0.15) is 31.4 Å². The number of guanidine groups is 1. The second-order valence-electron chi connectivity index (χ2n) is 8.74. The van der Waals surface area contributed by atoms with Crippen LogP contribution in [0.5, 0.6) is 5.75 Å². The molecule has 9 heteroatoms. The van der Waals surface area contributed by atoms with Crippen molar-refractivity contribution >= 4 is 29.9 Å². The molecule has 2 aliphatic rings.